The van der Waals surface area contributed by atoms with Gasteiger partial charge in [0.1, 0.15) is 0 Å². The molecule has 3 heteroatoms. The number of nitrogens with zero attached hydrogens (tertiary/aromatic N) is 1. The van der Waals surface area contributed by atoms with Crippen LogP contribution in [0, 0.1) is 13.8 Å². The lowest BCUT2D eigenvalue weighted by Crippen LogP contribution is -2.07. The van der Waals surface area contributed by atoms with Crippen LogP contribution in [-0.4, -0.2) is 9.78 Å². The Morgan fingerprint density at radius 3 is 2.41 bits per heavy atom. The average Bonchev–Trinajstić information content (AvgIpc) is 2.59. The average molecular weight is 230 g/mol. The quantitative estimate of drug-likeness (QED) is 0.865. The molecular weight excluding hydrogens is 212 g/mol. The van der Waals surface area contributed by atoms with Crippen LogP contribution in [0.5, 0.6) is 0 Å². The second-order valence-corrected chi connectivity index (χ2v) is 4.43. The van der Waals surface area contributed by atoms with Crippen LogP contribution in [0.3, 0.4) is 0 Å². The molecule has 0 spiro atoms. The fraction of sp³-hybridized carbons (Fsp3) is 0.357. The number of aromatic amines is 1. The Hall–Kier alpha value is -1.77. The fourth-order valence-electron chi connectivity index (χ4n) is 2.05. The van der Waals surface area contributed by atoms with E-state index < -0.39 is 0 Å². The van der Waals surface area contributed by atoms with E-state index in [0.717, 1.165) is 29.8 Å². The van der Waals surface area contributed by atoms with Crippen LogP contribution in [0.2, 0.25) is 0 Å². The van der Waals surface area contributed by atoms with Crippen molar-refractivity contribution in [2.45, 2.75) is 33.6 Å². The minimum Gasteiger partial charge on any atom is -0.268 e. The number of H-pyrrole nitrogens is 1. The summed E-state index contributed by atoms with van der Waals surface area (Å²) in [6.07, 6.45) is 1.82. The lowest BCUT2D eigenvalue weighted by molar-refractivity contribution is 0.831. The third-order valence-corrected chi connectivity index (χ3v) is 3.05. The van der Waals surface area contributed by atoms with Crippen molar-refractivity contribution in [3.8, 4) is 5.69 Å². The van der Waals surface area contributed by atoms with Gasteiger partial charge in [0.15, 0.2) is 0 Å². The maximum absolute atomic E-state index is 11.8. The number of aromatic nitrogens is 2. The molecule has 1 aromatic heterocycles. The van der Waals surface area contributed by atoms with E-state index in [1.54, 1.807) is 0 Å². The van der Waals surface area contributed by atoms with Gasteiger partial charge in [0.05, 0.1) is 5.69 Å². The molecule has 0 atom stereocenters. The number of aryl methyl sites for hydroxylation is 1. The summed E-state index contributed by atoms with van der Waals surface area (Å²) in [6, 6.07) is 8.14. The molecule has 0 aliphatic heterocycles. The molecule has 0 aliphatic rings. The van der Waals surface area contributed by atoms with Gasteiger partial charge in [-0.1, -0.05) is 31.0 Å². The summed E-state index contributed by atoms with van der Waals surface area (Å²) in [5.74, 6) is 0. The first-order chi connectivity index (χ1) is 8.13. The topological polar surface area (TPSA) is 37.8 Å². The molecule has 0 unspecified atom stereocenters. The van der Waals surface area contributed by atoms with E-state index in [4.69, 9.17) is 0 Å². The predicted molar refractivity (Wildman–Crippen MR) is 69.9 cm³/mol. The van der Waals surface area contributed by atoms with Crippen LogP contribution in [0.1, 0.15) is 30.2 Å². The first kappa shape index (κ1) is 11.7. The molecule has 1 aromatic carbocycles. The molecule has 1 heterocycles. The Bertz CT molecular complexity index is 561. The second kappa shape index (κ2) is 4.62. The SMILES string of the molecule is CCCc1c(C)n(-c2ccc(C)cc2)[nH]c1=O. The van der Waals surface area contributed by atoms with E-state index >= 15 is 0 Å². The molecule has 3 nitrogen and oxygen atoms in total. The minimum absolute atomic E-state index is 0.0323. The minimum atomic E-state index is 0.0323. The van der Waals surface area contributed by atoms with Gasteiger partial charge in [-0.05, 0) is 32.4 Å². The standard InChI is InChI=1S/C14H18N2O/c1-4-5-13-11(3)16(15-14(13)17)12-8-6-10(2)7-9-12/h6-9H,4-5H2,1-3H3,(H,15,17). The third kappa shape index (κ3) is 2.18. The summed E-state index contributed by atoms with van der Waals surface area (Å²) in [5, 5.41) is 2.89. The maximum Gasteiger partial charge on any atom is 0.267 e. The highest BCUT2D eigenvalue weighted by atomic mass is 16.1. The zero-order valence-electron chi connectivity index (χ0n) is 10.6. The first-order valence-corrected chi connectivity index (χ1v) is 6.01. The largest absolute Gasteiger partial charge is 0.268 e. The van der Waals surface area contributed by atoms with Crippen LogP contribution in [0.15, 0.2) is 29.1 Å². The van der Waals surface area contributed by atoms with E-state index in [-0.39, 0.29) is 5.56 Å². The molecule has 0 bridgehead atoms. The van der Waals surface area contributed by atoms with Gasteiger partial charge in [0.2, 0.25) is 0 Å². The molecule has 0 saturated heterocycles. The van der Waals surface area contributed by atoms with Crippen molar-refractivity contribution in [2.75, 3.05) is 0 Å². The monoisotopic (exact) mass is 230 g/mol. The van der Waals surface area contributed by atoms with Crippen molar-refractivity contribution in [3.05, 3.63) is 51.4 Å². The molecule has 0 aliphatic carbocycles. The van der Waals surface area contributed by atoms with Crippen molar-refractivity contribution in [3.63, 3.8) is 0 Å². The molecule has 2 aromatic rings. The normalized spacial score (nSPS) is 10.8. The van der Waals surface area contributed by atoms with Gasteiger partial charge in [0.25, 0.3) is 5.56 Å². The van der Waals surface area contributed by atoms with Crippen LogP contribution in [0.25, 0.3) is 5.69 Å². The molecule has 90 valence electrons. The molecule has 0 fully saturated rings. The molecule has 0 saturated carbocycles. The lowest BCUT2D eigenvalue weighted by Gasteiger charge is -2.06. The molecule has 2 rings (SSSR count). The van der Waals surface area contributed by atoms with Crippen LogP contribution in [0.4, 0.5) is 0 Å². The number of hydrogen-bond acceptors (Lipinski definition) is 1. The smallest absolute Gasteiger partial charge is 0.267 e. The van der Waals surface area contributed by atoms with Crippen molar-refractivity contribution >= 4 is 0 Å². The Morgan fingerprint density at radius 1 is 1.18 bits per heavy atom. The van der Waals surface area contributed by atoms with E-state index in [2.05, 4.69) is 18.9 Å². The highest BCUT2D eigenvalue weighted by molar-refractivity contribution is 5.36. The summed E-state index contributed by atoms with van der Waals surface area (Å²) in [4.78, 5) is 11.8. The fourth-order valence-corrected chi connectivity index (χ4v) is 2.05. The van der Waals surface area contributed by atoms with Gasteiger partial charge < -0.3 is 0 Å². The summed E-state index contributed by atoms with van der Waals surface area (Å²) < 4.78 is 1.87. The van der Waals surface area contributed by atoms with E-state index in [9.17, 15) is 4.79 Å². The highest BCUT2D eigenvalue weighted by Gasteiger charge is 2.10. The summed E-state index contributed by atoms with van der Waals surface area (Å²) in [7, 11) is 0. The van der Waals surface area contributed by atoms with Gasteiger partial charge in [-0.3, -0.25) is 14.6 Å². The maximum atomic E-state index is 11.8. The zero-order valence-corrected chi connectivity index (χ0v) is 10.6. The van der Waals surface area contributed by atoms with E-state index in [1.807, 2.05) is 35.9 Å². The van der Waals surface area contributed by atoms with Gasteiger partial charge in [-0.2, -0.15) is 0 Å². The van der Waals surface area contributed by atoms with Gasteiger partial charge in [-0.15, -0.1) is 0 Å². The van der Waals surface area contributed by atoms with Crippen LogP contribution < -0.4 is 5.56 Å². The molecule has 17 heavy (non-hydrogen) atoms. The van der Waals surface area contributed by atoms with Crippen LogP contribution >= 0.6 is 0 Å². The van der Waals surface area contributed by atoms with Crippen molar-refractivity contribution < 1.29 is 0 Å². The van der Waals surface area contributed by atoms with Gasteiger partial charge in [-0.25, -0.2) is 0 Å². The van der Waals surface area contributed by atoms with Crippen molar-refractivity contribution in [1.82, 2.24) is 9.78 Å². The zero-order chi connectivity index (χ0) is 12.4. The Balaban J connectivity index is 2.50. The van der Waals surface area contributed by atoms with Crippen molar-refractivity contribution in [1.29, 1.82) is 0 Å². The predicted octanol–water partition coefficient (Wildman–Crippen LogP) is 2.73. The number of hydrogen-bond donors (Lipinski definition) is 1. The first-order valence-electron chi connectivity index (χ1n) is 6.01. The van der Waals surface area contributed by atoms with Crippen LogP contribution in [-0.2, 0) is 6.42 Å². The Kier molecular flexibility index (Phi) is 3.18. The van der Waals surface area contributed by atoms with Gasteiger partial charge in [0, 0.05) is 11.3 Å². The molecule has 1 N–H and O–H groups in total. The molecule has 0 radical (unpaired) electrons. The second-order valence-electron chi connectivity index (χ2n) is 4.43. The molecule has 0 amide bonds. The third-order valence-electron chi connectivity index (χ3n) is 3.05. The number of rotatable bonds is 3. The Labute approximate surface area is 101 Å². The number of benzene rings is 1. The lowest BCUT2D eigenvalue weighted by atomic mass is 10.1. The van der Waals surface area contributed by atoms with Crippen molar-refractivity contribution in [2.24, 2.45) is 0 Å². The highest BCUT2D eigenvalue weighted by Crippen LogP contribution is 2.13. The Morgan fingerprint density at radius 2 is 1.82 bits per heavy atom. The summed E-state index contributed by atoms with van der Waals surface area (Å²) in [5.41, 5.74) is 4.17. The summed E-state index contributed by atoms with van der Waals surface area (Å²) >= 11 is 0. The van der Waals surface area contributed by atoms with E-state index in [0.29, 0.717) is 0 Å². The van der Waals surface area contributed by atoms with Gasteiger partial charge >= 0.3 is 0 Å². The van der Waals surface area contributed by atoms with E-state index in [1.165, 1.54) is 5.56 Å². The molecular formula is C14H18N2O. The summed E-state index contributed by atoms with van der Waals surface area (Å²) in [6.45, 7) is 6.13. The number of nitrogens with one attached hydrogen (secondary N) is 1.